The Hall–Kier alpha value is -0.800. The molecule has 0 aliphatic heterocycles. The third-order valence-electron chi connectivity index (χ3n) is 2.25. The summed E-state index contributed by atoms with van der Waals surface area (Å²) in [6.07, 6.45) is 0.957. The normalized spacial score (nSPS) is 12.4. The van der Waals surface area contributed by atoms with Gasteiger partial charge >= 0.3 is 0 Å². The molecule has 0 aliphatic rings. The van der Waals surface area contributed by atoms with Crippen molar-refractivity contribution in [3.8, 4) is 0 Å². The fraction of sp³-hybridized carbons (Fsp3) is 0.385. The van der Waals surface area contributed by atoms with Gasteiger partial charge in [0.1, 0.15) is 5.82 Å². The van der Waals surface area contributed by atoms with Crippen molar-refractivity contribution in [3.05, 3.63) is 42.2 Å². The summed E-state index contributed by atoms with van der Waals surface area (Å²) in [5, 5.41) is 3.24. The molecule has 1 aromatic carbocycles. The zero-order valence-electron chi connectivity index (χ0n) is 9.79. The van der Waals surface area contributed by atoms with Crippen molar-refractivity contribution >= 4 is 11.8 Å². The molecule has 0 amide bonds. The standard InChI is InChI=1S/C13H18FNS/c1-10(2)7-12(15-3)9-16-13-6-4-5-11(14)8-13/h4-6,8,12,15H,1,7,9H2,2-3H3. The Labute approximate surface area is 101 Å². The third-order valence-corrected chi connectivity index (χ3v) is 3.41. The maximum atomic E-state index is 12.9. The smallest absolute Gasteiger partial charge is 0.124 e. The van der Waals surface area contributed by atoms with E-state index in [2.05, 4.69) is 11.9 Å². The van der Waals surface area contributed by atoms with Crippen molar-refractivity contribution in [2.24, 2.45) is 0 Å². The summed E-state index contributed by atoms with van der Waals surface area (Å²) in [5.41, 5.74) is 1.17. The number of thioether (sulfide) groups is 1. The average Bonchev–Trinajstić information content (AvgIpc) is 2.24. The molecule has 0 radical (unpaired) electrons. The van der Waals surface area contributed by atoms with Crippen LogP contribution in [0.5, 0.6) is 0 Å². The molecule has 0 saturated heterocycles. The van der Waals surface area contributed by atoms with Gasteiger partial charge in [-0.15, -0.1) is 18.3 Å². The first-order chi connectivity index (χ1) is 7.61. The van der Waals surface area contributed by atoms with Crippen LogP contribution in [0.25, 0.3) is 0 Å². The van der Waals surface area contributed by atoms with E-state index in [1.165, 1.54) is 11.6 Å². The fourth-order valence-corrected chi connectivity index (χ4v) is 2.47. The van der Waals surface area contributed by atoms with Crippen LogP contribution in [0.1, 0.15) is 13.3 Å². The highest BCUT2D eigenvalue weighted by Gasteiger charge is 2.07. The Bertz CT molecular complexity index is 352. The van der Waals surface area contributed by atoms with Crippen molar-refractivity contribution in [2.45, 2.75) is 24.3 Å². The van der Waals surface area contributed by atoms with E-state index in [9.17, 15) is 4.39 Å². The first-order valence-corrected chi connectivity index (χ1v) is 6.30. The fourth-order valence-electron chi connectivity index (χ4n) is 1.42. The van der Waals surface area contributed by atoms with Crippen LogP contribution in [0.15, 0.2) is 41.3 Å². The first-order valence-electron chi connectivity index (χ1n) is 5.32. The molecule has 0 saturated carbocycles. The minimum absolute atomic E-state index is 0.175. The highest BCUT2D eigenvalue weighted by molar-refractivity contribution is 7.99. The summed E-state index contributed by atoms with van der Waals surface area (Å²) < 4.78 is 12.9. The molecule has 0 fully saturated rings. The summed E-state index contributed by atoms with van der Waals surface area (Å²) in [4.78, 5) is 0.974. The Morgan fingerprint density at radius 2 is 2.31 bits per heavy atom. The number of benzene rings is 1. The number of rotatable bonds is 6. The molecule has 1 nitrogen and oxygen atoms in total. The van der Waals surface area contributed by atoms with Gasteiger partial charge in [-0.1, -0.05) is 11.6 Å². The molecule has 1 aromatic rings. The Balaban J connectivity index is 2.46. The summed E-state index contributed by atoms with van der Waals surface area (Å²) in [5.74, 6) is 0.748. The molecule has 0 bridgehead atoms. The van der Waals surface area contributed by atoms with E-state index in [-0.39, 0.29) is 5.82 Å². The topological polar surface area (TPSA) is 12.0 Å². The lowest BCUT2D eigenvalue weighted by Crippen LogP contribution is -2.27. The highest BCUT2D eigenvalue weighted by Crippen LogP contribution is 2.20. The van der Waals surface area contributed by atoms with E-state index in [1.807, 2.05) is 20.0 Å². The van der Waals surface area contributed by atoms with Crippen molar-refractivity contribution in [1.29, 1.82) is 0 Å². The Morgan fingerprint density at radius 3 is 2.88 bits per heavy atom. The maximum Gasteiger partial charge on any atom is 0.124 e. The van der Waals surface area contributed by atoms with E-state index >= 15 is 0 Å². The second kappa shape index (κ2) is 6.71. The summed E-state index contributed by atoms with van der Waals surface area (Å²) >= 11 is 1.67. The van der Waals surface area contributed by atoms with Gasteiger partial charge in [0.2, 0.25) is 0 Å². The van der Waals surface area contributed by atoms with Crippen LogP contribution in [0, 0.1) is 5.82 Å². The summed E-state index contributed by atoms with van der Waals surface area (Å²) in [6.45, 7) is 5.93. The molecule has 0 aliphatic carbocycles. The van der Waals surface area contributed by atoms with Crippen molar-refractivity contribution in [2.75, 3.05) is 12.8 Å². The highest BCUT2D eigenvalue weighted by atomic mass is 32.2. The van der Waals surface area contributed by atoms with Gasteiger partial charge in [0.05, 0.1) is 0 Å². The molecule has 1 unspecified atom stereocenters. The second-order valence-electron chi connectivity index (χ2n) is 3.92. The van der Waals surface area contributed by atoms with E-state index < -0.39 is 0 Å². The van der Waals surface area contributed by atoms with Crippen LogP contribution >= 0.6 is 11.8 Å². The SMILES string of the molecule is C=C(C)CC(CSc1cccc(F)c1)NC. The van der Waals surface area contributed by atoms with Crippen molar-refractivity contribution in [1.82, 2.24) is 5.32 Å². The average molecular weight is 239 g/mol. The Kier molecular flexibility index (Phi) is 5.56. The van der Waals surface area contributed by atoms with Crippen LogP contribution in [-0.4, -0.2) is 18.8 Å². The van der Waals surface area contributed by atoms with Gasteiger partial charge in [0.15, 0.2) is 0 Å². The Morgan fingerprint density at radius 1 is 1.56 bits per heavy atom. The van der Waals surface area contributed by atoms with Gasteiger partial charge in [0.25, 0.3) is 0 Å². The van der Waals surface area contributed by atoms with Crippen LogP contribution in [0.2, 0.25) is 0 Å². The number of nitrogens with one attached hydrogen (secondary N) is 1. The van der Waals surface area contributed by atoms with Gasteiger partial charge < -0.3 is 5.32 Å². The van der Waals surface area contributed by atoms with Crippen LogP contribution in [-0.2, 0) is 0 Å². The van der Waals surface area contributed by atoms with E-state index in [4.69, 9.17) is 0 Å². The largest absolute Gasteiger partial charge is 0.316 e. The molecule has 0 spiro atoms. The first kappa shape index (κ1) is 13.3. The minimum atomic E-state index is -0.175. The van der Waals surface area contributed by atoms with E-state index in [1.54, 1.807) is 23.9 Å². The predicted molar refractivity (Wildman–Crippen MR) is 69.4 cm³/mol. The maximum absolute atomic E-state index is 12.9. The quantitative estimate of drug-likeness (QED) is 0.602. The predicted octanol–water partition coefficient (Wildman–Crippen LogP) is 3.47. The van der Waals surface area contributed by atoms with Gasteiger partial charge in [-0.05, 0) is 38.6 Å². The number of hydrogen-bond acceptors (Lipinski definition) is 2. The monoisotopic (exact) mass is 239 g/mol. The molecule has 88 valence electrons. The van der Waals surface area contributed by atoms with Gasteiger partial charge in [-0.25, -0.2) is 4.39 Å². The summed E-state index contributed by atoms with van der Waals surface area (Å²) in [7, 11) is 1.94. The molecule has 16 heavy (non-hydrogen) atoms. The molecular weight excluding hydrogens is 221 g/mol. The van der Waals surface area contributed by atoms with Crippen LogP contribution in [0.4, 0.5) is 4.39 Å². The molecule has 1 rings (SSSR count). The van der Waals surface area contributed by atoms with Gasteiger partial charge in [-0.2, -0.15) is 0 Å². The molecule has 3 heteroatoms. The van der Waals surface area contributed by atoms with Crippen molar-refractivity contribution in [3.63, 3.8) is 0 Å². The van der Waals surface area contributed by atoms with Gasteiger partial charge in [0, 0.05) is 16.7 Å². The third kappa shape index (κ3) is 4.81. The second-order valence-corrected chi connectivity index (χ2v) is 5.01. The summed E-state index contributed by atoms with van der Waals surface area (Å²) in [6, 6.07) is 7.10. The van der Waals surface area contributed by atoms with E-state index in [0.29, 0.717) is 6.04 Å². The number of hydrogen-bond donors (Lipinski definition) is 1. The lowest BCUT2D eigenvalue weighted by atomic mass is 10.1. The molecule has 0 aromatic heterocycles. The van der Waals surface area contributed by atoms with Crippen LogP contribution in [0.3, 0.4) is 0 Å². The number of halogens is 1. The van der Waals surface area contributed by atoms with Crippen molar-refractivity contribution < 1.29 is 4.39 Å². The lowest BCUT2D eigenvalue weighted by Gasteiger charge is -2.15. The van der Waals surface area contributed by atoms with Gasteiger partial charge in [-0.3, -0.25) is 0 Å². The molecule has 1 atom stereocenters. The molecule has 0 heterocycles. The lowest BCUT2D eigenvalue weighted by molar-refractivity contribution is 0.613. The molecule has 1 N–H and O–H groups in total. The zero-order valence-corrected chi connectivity index (χ0v) is 10.6. The molecular formula is C13H18FNS. The minimum Gasteiger partial charge on any atom is -0.316 e. The van der Waals surface area contributed by atoms with E-state index in [0.717, 1.165) is 17.1 Å². The zero-order chi connectivity index (χ0) is 12.0. The van der Waals surface area contributed by atoms with Crippen LogP contribution < -0.4 is 5.32 Å².